The van der Waals surface area contributed by atoms with Gasteiger partial charge >= 0.3 is 5.97 Å². The van der Waals surface area contributed by atoms with Gasteiger partial charge in [0.2, 0.25) is 10.0 Å². The quantitative estimate of drug-likeness (QED) is 0.794. The fourth-order valence-corrected chi connectivity index (χ4v) is 3.14. The Bertz CT molecular complexity index is 646. The third-order valence-corrected chi connectivity index (χ3v) is 4.01. The van der Waals surface area contributed by atoms with Gasteiger partial charge in [0, 0.05) is 4.47 Å². The van der Waals surface area contributed by atoms with Crippen molar-refractivity contribution < 1.29 is 22.3 Å². The lowest BCUT2D eigenvalue weighted by Crippen LogP contribution is -2.20. The fourth-order valence-electron chi connectivity index (χ4n) is 1.88. The second-order valence-corrected chi connectivity index (χ2v) is 7.60. The predicted molar refractivity (Wildman–Crippen MR) is 79.8 cm³/mol. The molecular formula is C13H17BrFNO4S. The van der Waals surface area contributed by atoms with Gasteiger partial charge in [-0.15, -0.1) is 0 Å². The van der Waals surface area contributed by atoms with Crippen LogP contribution in [0.1, 0.15) is 37.6 Å². The number of primary sulfonamides is 1. The molecule has 1 unspecified atom stereocenters. The second kappa shape index (κ2) is 6.85. The van der Waals surface area contributed by atoms with Crippen LogP contribution in [0, 0.1) is 11.7 Å². The maximum absolute atomic E-state index is 14.1. The lowest BCUT2D eigenvalue weighted by Gasteiger charge is -2.16. The van der Waals surface area contributed by atoms with Crippen LogP contribution in [-0.2, 0) is 14.8 Å². The van der Waals surface area contributed by atoms with Crippen molar-refractivity contribution in [3.63, 3.8) is 0 Å². The molecule has 8 heteroatoms. The zero-order chi connectivity index (χ0) is 16.4. The van der Waals surface area contributed by atoms with Crippen molar-refractivity contribution in [2.24, 2.45) is 11.1 Å². The second-order valence-electron chi connectivity index (χ2n) is 5.16. The summed E-state index contributed by atoms with van der Waals surface area (Å²) in [6.45, 7) is 5.61. The third-order valence-electron chi connectivity index (χ3n) is 2.64. The summed E-state index contributed by atoms with van der Waals surface area (Å²) in [5.74, 6) is -1.82. The standard InChI is InChI=1S/C13H17BrFNO4S/c1-7(2)4-8(3)20-13(17)10-5-9(14)6-11(12(10)15)21(16,18)19/h5-8H,4H2,1-3H3,(H2,16,18,19). The molecule has 0 fully saturated rings. The summed E-state index contributed by atoms with van der Waals surface area (Å²) < 4.78 is 42.1. The molecule has 21 heavy (non-hydrogen) atoms. The Hall–Kier alpha value is -0.990. The van der Waals surface area contributed by atoms with E-state index in [9.17, 15) is 17.6 Å². The van der Waals surface area contributed by atoms with E-state index in [0.29, 0.717) is 12.3 Å². The third kappa shape index (κ3) is 5.05. The van der Waals surface area contributed by atoms with Crippen LogP contribution in [0.2, 0.25) is 0 Å². The van der Waals surface area contributed by atoms with Gasteiger partial charge in [-0.05, 0) is 31.4 Å². The zero-order valence-electron chi connectivity index (χ0n) is 11.9. The molecule has 0 heterocycles. The highest BCUT2D eigenvalue weighted by Crippen LogP contribution is 2.24. The maximum atomic E-state index is 14.1. The Morgan fingerprint density at radius 2 is 1.95 bits per heavy atom. The smallest absolute Gasteiger partial charge is 0.341 e. The van der Waals surface area contributed by atoms with Crippen LogP contribution < -0.4 is 5.14 Å². The summed E-state index contributed by atoms with van der Waals surface area (Å²) in [4.78, 5) is 11.2. The Balaban J connectivity index is 3.14. The van der Waals surface area contributed by atoms with E-state index >= 15 is 0 Å². The average Bonchev–Trinajstić information content (AvgIpc) is 2.28. The van der Waals surface area contributed by atoms with Crippen molar-refractivity contribution in [2.75, 3.05) is 0 Å². The van der Waals surface area contributed by atoms with Gasteiger partial charge in [0.25, 0.3) is 0 Å². The van der Waals surface area contributed by atoms with E-state index in [0.717, 1.165) is 12.1 Å². The molecule has 0 aromatic heterocycles. The Morgan fingerprint density at radius 1 is 1.38 bits per heavy atom. The monoisotopic (exact) mass is 381 g/mol. The van der Waals surface area contributed by atoms with Crippen molar-refractivity contribution in [1.29, 1.82) is 0 Å². The van der Waals surface area contributed by atoms with Gasteiger partial charge in [0.05, 0.1) is 11.7 Å². The number of benzene rings is 1. The van der Waals surface area contributed by atoms with Crippen LogP contribution in [0.3, 0.4) is 0 Å². The zero-order valence-corrected chi connectivity index (χ0v) is 14.3. The minimum absolute atomic E-state index is 0.219. The highest BCUT2D eigenvalue weighted by molar-refractivity contribution is 9.10. The topological polar surface area (TPSA) is 86.5 Å². The Morgan fingerprint density at radius 3 is 2.43 bits per heavy atom. The minimum atomic E-state index is -4.27. The first-order valence-corrected chi connectivity index (χ1v) is 8.59. The molecule has 0 saturated heterocycles. The van der Waals surface area contributed by atoms with Crippen LogP contribution in [0.5, 0.6) is 0 Å². The van der Waals surface area contributed by atoms with Gasteiger partial charge in [0.15, 0.2) is 5.82 Å². The van der Waals surface area contributed by atoms with Crippen molar-refractivity contribution in [3.05, 3.63) is 28.0 Å². The van der Waals surface area contributed by atoms with E-state index in [-0.39, 0.29) is 4.47 Å². The molecule has 118 valence electrons. The molecule has 0 amide bonds. The number of carbonyl (C=O) groups is 1. The Labute approximate surface area is 131 Å². The van der Waals surface area contributed by atoms with Gasteiger partial charge in [-0.25, -0.2) is 22.7 Å². The summed E-state index contributed by atoms with van der Waals surface area (Å²) in [5.41, 5.74) is -0.469. The van der Waals surface area contributed by atoms with Crippen molar-refractivity contribution in [1.82, 2.24) is 0 Å². The van der Waals surface area contributed by atoms with E-state index in [1.807, 2.05) is 13.8 Å². The van der Waals surface area contributed by atoms with Gasteiger partial charge in [-0.1, -0.05) is 29.8 Å². The Kier molecular flexibility index (Phi) is 5.89. The number of carbonyl (C=O) groups excluding carboxylic acids is 1. The molecule has 0 radical (unpaired) electrons. The molecule has 0 saturated carbocycles. The SMILES string of the molecule is CC(C)CC(C)OC(=O)c1cc(Br)cc(S(N)(=O)=O)c1F. The number of ether oxygens (including phenoxy) is 1. The van der Waals surface area contributed by atoms with Crippen LogP contribution in [0.4, 0.5) is 4.39 Å². The number of esters is 1. The number of nitrogens with two attached hydrogens (primary N) is 1. The lowest BCUT2D eigenvalue weighted by molar-refractivity contribution is 0.0293. The molecule has 0 spiro atoms. The molecule has 5 nitrogen and oxygen atoms in total. The number of halogens is 2. The summed E-state index contributed by atoms with van der Waals surface area (Å²) in [6.07, 6.45) is 0.206. The van der Waals surface area contributed by atoms with Crippen molar-refractivity contribution >= 4 is 31.9 Å². The summed E-state index contributed by atoms with van der Waals surface area (Å²) in [7, 11) is -4.27. The minimum Gasteiger partial charge on any atom is -0.459 e. The van der Waals surface area contributed by atoms with E-state index in [4.69, 9.17) is 9.88 Å². The first kappa shape index (κ1) is 18.1. The summed E-state index contributed by atoms with van der Waals surface area (Å²) >= 11 is 3.02. The number of hydrogen-bond donors (Lipinski definition) is 1. The number of hydrogen-bond acceptors (Lipinski definition) is 4. The van der Waals surface area contributed by atoms with E-state index in [1.165, 1.54) is 0 Å². The highest BCUT2D eigenvalue weighted by Gasteiger charge is 2.24. The molecule has 0 aliphatic heterocycles. The van der Waals surface area contributed by atoms with Gasteiger partial charge in [-0.3, -0.25) is 0 Å². The van der Waals surface area contributed by atoms with E-state index in [2.05, 4.69) is 15.9 Å². The van der Waals surface area contributed by atoms with Crippen LogP contribution in [-0.4, -0.2) is 20.5 Å². The first-order chi connectivity index (χ1) is 9.52. The average molecular weight is 382 g/mol. The van der Waals surface area contributed by atoms with Gasteiger partial charge in [-0.2, -0.15) is 0 Å². The number of rotatable bonds is 5. The van der Waals surface area contributed by atoms with Crippen LogP contribution in [0.25, 0.3) is 0 Å². The predicted octanol–water partition coefficient (Wildman–Crippen LogP) is 2.83. The molecule has 1 rings (SSSR count). The fraction of sp³-hybridized carbons (Fsp3) is 0.462. The largest absolute Gasteiger partial charge is 0.459 e. The van der Waals surface area contributed by atoms with Gasteiger partial charge < -0.3 is 4.74 Å². The van der Waals surface area contributed by atoms with E-state index < -0.39 is 38.4 Å². The number of sulfonamides is 1. The summed E-state index contributed by atoms with van der Waals surface area (Å²) in [6, 6.07) is 2.16. The molecule has 0 aliphatic carbocycles. The van der Waals surface area contributed by atoms with E-state index in [1.54, 1.807) is 6.92 Å². The van der Waals surface area contributed by atoms with Gasteiger partial charge in [0.1, 0.15) is 4.90 Å². The maximum Gasteiger partial charge on any atom is 0.341 e. The highest BCUT2D eigenvalue weighted by atomic mass is 79.9. The molecule has 1 atom stereocenters. The molecule has 0 bridgehead atoms. The lowest BCUT2D eigenvalue weighted by atomic mass is 10.1. The molecule has 1 aromatic carbocycles. The molecule has 1 aromatic rings. The van der Waals surface area contributed by atoms with Crippen LogP contribution in [0.15, 0.2) is 21.5 Å². The molecule has 2 N–H and O–H groups in total. The van der Waals surface area contributed by atoms with Crippen molar-refractivity contribution in [2.45, 2.75) is 38.2 Å². The summed E-state index contributed by atoms with van der Waals surface area (Å²) in [5, 5.41) is 4.92. The normalized spacial score (nSPS) is 13.3. The first-order valence-electron chi connectivity index (χ1n) is 6.25. The van der Waals surface area contributed by atoms with Crippen LogP contribution >= 0.6 is 15.9 Å². The van der Waals surface area contributed by atoms with Crippen molar-refractivity contribution in [3.8, 4) is 0 Å². The molecule has 0 aliphatic rings. The molecular weight excluding hydrogens is 365 g/mol.